The van der Waals surface area contributed by atoms with Gasteiger partial charge in [-0.05, 0) is 18.9 Å². The molecule has 0 heterocycles. The van der Waals surface area contributed by atoms with E-state index in [0.29, 0.717) is 6.42 Å². The Labute approximate surface area is 87.2 Å². The number of carbonyl (C=O) groups is 1. The van der Waals surface area contributed by atoms with Crippen molar-refractivity contribution in [2.75, 3.05) is 0 Å². The lowest BCUT2D eigenvalue weighted by molar-refractivity contribution is 0.0981. The van der Waals surface area contributed by atoms with Crippen molar-refractivity contribution in [3.05, 3.63) is 35.4 Å². The van der Waals surface area contributed by atoms with Crippen molar-refractivity contribution in [1.82, 2.24) is 0 Å². The first kappa shape index (κ1) is 12.9. The van der Waals surface area contributed by atoms with Gasteiger partial charge in [-0.15, -0.1) is 0 Å². The zero-order valence-corrected chi connectivity index (χ0v) is 9.63. The van der Waals surface area contributed by atoms with Crippen molar-refractivity contribution in [2.24, 2.45) is 0 Å². The highest BCUT2D eigenvalue weighted by Gasteiger charge is 2.05. The van der Waals surface area contributed by atoms with E-state index >= 15 is 0 Å². The molecule has 0 aliphatic carbocycles. The molecule has 0 fully saturated rings. The van der Waals surface area contributed by atoms with E-state index in [-0.39, 0.29) is 5.78 Å². The Bertz CT molecular complexity index is 276. The lowest BCUT2D eigenvalue weighted by Gasteiger charge is -2.01. The molecule has 0 saturated heterocycles. The molecule has 1 aromatic rings. The van der Waals surface area contributed by atoms with Gasteiger partial charge in [0, 0.05) is 12.0 Å². The minimum Gasteiger partial charge on any atom is -0.294 e. The second-order valence-corrected chi connectivity index (χ2v) is 2.99. The Morgan fingerprint density at radius 1 is 1.21 bits per heavy atom. The third-order valence-electron chi connectivity index (χ3n) is 1.92. The molecule has 0 saturated carbocycles. The van der Waals surface area contributed by atoms with Gasteiger partial charge in [0.15, 0.2) is 5.78 Å². The zero-order chi connectivity index (χ0) is 11.0. The molecule has 78 valence electrons. The van der Waals surface area contributed by atoms with Gasteiger partial charge in [0.25, 0.3) is 0 Å². The maximum Gasteiger partial charge on any atom is 0.163 e. The van der Waals surface area contributed by atoms with E-state index in [0.717, 1.165) is 17.5 Å². The average Bonchev–Trinajstić information content (AvgIpc) is 2.22. The topological polar surface area (TPSA) is 17.1 Å². The first-order valence-electron chi connectivity index (χ1n) is 5.34. The van der Waals surface area contributed by atoms with Crippen molar-refractivity contribution in [2.45, 2.75) is 40.5 Å². The SMILES string of the molecule is CC.CCCC(=O)c1ccccc1C. The van der Waals surface area contributed by atoms with Gasteiger partial charge in [-0.3, -0.25) is 4.79 Å². The van der Waals surface area contributed by atoms with E-state index in [9.17, 15) is 4.79 Å². The van der Waals surface area contributed by atoms with Crippen LogP contribution in [0.3, 0.4) is 0 Å². The lowest BCUT2D eigenvalue weighted by atomic mass is 10.0. The van der Waals surface area contributed by atoms with Gasteiger partial charge in [0.1, 0.15) is 0 Å². The number of carbonyl (C=O) groups excluding carboxylic acids is 1. The first-order chi connectivity index (χ1) is 6.75. The van der Waals surface area contributed by atoms with E-state index in [1.807, 2.05) is 52.0 Å². The molecular weight excluding hydrogens is 172 g/mol. The largest absolute Gasteiger partial charge is 0.294 e. The van der Waals surface area contributed by atoms with Crippen LogP contribution in [0.5, 0.6) is 0 Å². The average molecular weight is 192 g/mol. The van der Waals surface area contributed by atoms with Gasteiger partial charge in [-0.2, -0.15) is 0 Å². The van der Waals surface area contributed by atoms with Gasteiger partial charge in [0.2, 0.25) is 0 Å². The number of rotatable bonds is 3. The van der Waals surface area contributed by atoms with E-state index in [1.54, 1.807) is 0 Å². The number of aryl methyl sites for hydroxylation is 1. The summed E-state index contributed by atoms with van der Waals surface area (Å²) in [5.41, 5.74) is 1.95. The van der Waals surface area contributed by atoms with Crippen LogP contribution < -0.4 is 0 Å². The summed E-state index contributed by atoms with van der Waals surface area (Å²) in [5, 5.41) is 0. The quantitative estimate of drug-likeness (QED) is 0.661. The molecule has 0 unspecified atom stereocenters. The van der Waals surface area contributed by atoms with Crippen LogP contribution in [0, 0.1) is 6.92 Å². The number of hydrogen-bond donors (Lipinski definition) is 0. The summed E-state index contributed by atoms with van der Waals surface area (Å²) in [6.45, 7) is 8.00. The molecule has 0 aromatic heterocycles. The third kappa shape index (κ3) is 3.73. The molecule has 0 N–H and O–H groups in total. The second-order valence-electron chi connectivity index (χ2n) is 2.99. The predicted octanol–water partition coefficient (Wildman–Crippen LogP) is 4.00. The van der Waals surface area contributed by atoms with Crippen molar-refractivity contribution in [3.8, 4) is 0 Å². The fourth-order valence-corrected chi connectivity index (χ4v) is 1.25. The van der Waals surface area contributed by atoms with Crippen LogP contribution in [0.2, 0.25) is 0 Å². The molecule has 0 radical (unpaired) electrons. The molecule has 0 atom stereocenters. The maximum absolute atomic E-state index is 11.5. The lowest BCUT2D eigenvalue weighted by Crippen LogP contribution is -2.00. The van der Waals surface area contributed by atoms with Crippen LogP contribution in [0.15, 0.2) is 24.3 Å². The summed E-state index contributed by atoms with van der Waals surface area (Å²) < 4.78 is 0. The van der Waals surface area contributed by atoms with Crippen molar-refractivity contribution < 1.29 is 4.79 Å². The highest BCUT2D eigenvalue weighted by molar-refractivity contribution is 5.97. The molecule has 0 bridgehead atoms. The molecule has 0 aliphatic rings. The molecule has 0 aliphatic heterocycles. The molecule has 0 spiro atoms. The molecule has 1 nitrogen and oxygen atoms in total. The maximum atomic E-state index is 11.5. The van der Waals surface area contributed by atoms with E-state index < -0.39 is 0 Å². The predicted molar refractivity (Wildman–Crippen MR) is 61.8 cm³/mol. The van der Waals surface area contributed by atoms with Crippen molar-refractivity contribution >= 4 is 5.78 Å². The van der Waals surface area contributed by atoms with Crippen LogP contribution in [0.4, 0.5) is 0 Å². The number of ketones is 1. The second kappa shape index (κ2) is 7.31. The van der Waals surface area contributed by atoms with Gasteiger partial charge in [-0.25, -0.2) is 0 Å². The molecule has 1 rings (SSSR count). The van der Waals surface area contributed by atoms with Crippen LogP contribution in [0.25, 0.3) is 0 Å². The van der Waals surface area contributed by atoms with Crippen LogP contribution >= 0.6 is 0 Å². The van der Waals surface area contributed by atoms with E-state index in [4.69, 9.17) is 0 Å². The van der Waals surface area contributed by atoms with Crippen molar-refractivity contribution in [1.29, 1.82) is 0 Å². The Morgan fingerprint density at radius 3 is 2.29 bits per heavy atom. The molecular formula is C13H20O. The smallest absolute Gasteiger partial charge is 0.163 e. The summed E-state index contributed by atoms with van der Waals surface area (Å²) in [7, 11) is 0. The minimum absolute atomic E-state index is 0.260. The van der Waals surface area contributed by atoms with E-state index in [2.05, 4.69) is 0 Å². The van der Waals surface area contributed by atoms with Crippen LogP contribution in [-0.2, 0) is 0 Å². The summed E-state index contributed by atoms with van der Waals surface area (Å²) in [5.74, 6) is 0.260. The van der Waals surface area contributed by atoms with Gasteiger partial charge < -0.3 is 0 Å². The van der Waals surface area contributed by atoms with Gasteiger partial charge in [0.05, 0.1) is 0 Å². The van der Waals surface area contributed by atoms with Crippen LogP contribution in [0.1, 0.15) is 49.5 Å². The molecule has 14 heavy (non-hydrogen) atoms. The minimum atomic E-state index is 0.260. The van der Waals surface area contributed by atoms with Gasteiger partial charge >= 0.3 is 0 Å². The Morgan fingerprint density at radius 2 is 1.79 bits per heavy atom. The van der Waals surface area contributed by atoms with Gasteiger partial charge in [-0.1, -0.05) is 45.0 Å². The molecule has 1 heteroatoms. The normalized spacial score (nSPS) is 8.86. The monoisotopic (exact) mass is 192 g/mol. The van der Waals surface area contributed by atoms with Crippen molar-refractivity contribution in [3.63, 3.8) is 0 Å². The Balaban J connectivity index is 0.000000791. The first-order valence-corrected chi connectivity index (χ1v) is 5.34. The summed E-state index contributed by atoms with van der Waals surface area (Å²) >= 11 is 0. The summed E-state index contributed by atoms with van der Waals surface area (Å²) in [6.07, 6.45) is 1.58. The standard InChI is InChI=1S/C11H14O.C2H6/c1-3-6-11(12)10-8-5-4-7-9(10)2;1-2/h4-5,7-8H,3,6H2,1-2H3;1-2H3. The Hall–Kier alpha value is -1.11. The molecule has 0 amide bonds. The zero-order valence-electron chi connectivity index (χ0n) is 9.63. The number of hydrogen-bond acceptors (Lipinski definition) is 1. The third-order valence-corrected chi connectivity index (χ3v) is 1.92. The Kier molecular flexibility index (Phi) is 6.73. The summed E-state index contributed by atoms with van der Waals surface area (Å²) in [4.78, 5) is 11.5. The fraction of sp³-hybridized carbons (Fsp3) is 0.462. The number of Topliss-reactive ketones (excluding diaryl/α,β-unsaturated/α-hetero) is 1. The molecule has 1 aromatic carbocycles. The highest BCUT2D eigenvalue weighted by atomic mass is 16.1. The summed E-state index contributed by atoms with van der Waals surface area (Å²) in [6, 6.07) is 7.74. The van der Waals surface area contributed by atoms with Crippen LogP contribution in [-0.4, -0.2) is 5.78 Å². The highest BCUT2D eigenvalue weighted by Crippen LogP contribution is 2.10. The number of benzene rings is 1. The van der Waals surface area contributed by atoms with E-state index in [1.165, 1.54) is 0 Å². The fourth-order valence-electron chi connectivity index (χ4n) is 1.25.